The molecule has 3 atom stereocenters. The highest BCUT2D eigenvalue weighted by Crippen LogP contribution is 2.36. The SMILES string of the molecule is COCCC(N)C(=O)NCC1CC2CCC(C1)N2C. The third-order valence-corrected chi connectivity index (χ3v) is 4.73. The van der Waals surface area contributed by atoms with E-state index in [-0.39, 0.29) is 5.91 Å². The fraction of sp³-hybridized carbons (Fsp3) is 0.929. The van der Waals surface area contributed by atoms with Gasteiger partial charge in [-0.1, -0.05) is 0 Å². The quantitative estimate of drug-likeness (QED) is 0.729. The van der Waals surface area contributed by atoms with Crippen LogP contribution in [0, 0.1) is 5.92 Å². The minimum absolute atomic E-state index is 0.0386. The lowest BCUT2D eigenvalue weighted by molar-refractivity contribution is -0.123. The monoisotopic (exact) mass is 269 g/mol. The van der Waals surface area contributed by atoms with Crippen LogP contribution in [0.2, 0.25) is 0 Å². The molecule has 2 rings (SSSR count). The van der Waals surface area contributed by atoms with Crippen LogP contribution < -0.4 is 11.1 Å². The van der Waals surface area contributed by atoms with Crippen molar-refractivity contribution in [1.82, 2.24) is 10.2 Å². The average Bonchev–Trinajstić information content (AvgIpc) is 2.65. The van der Waals surface area contributed by atoms with Crippen molar-refractivity contribution in [3.05, 3.63) is 0 Å². The van der Waals surface area contributed by atoms with Gasteiger partial charge in [0, 0.05) is 32.3 Å². The van der Waals surface area contributed by atoms with Crippen molar-refractivity contribution in [3.63, 3.8) is 0 Å². The zero-order valence-corrected chi connectivity index (χ0v) is 12.1. The molecule has 110 valence electrons. The Hall–Kier alpha value is -0.650. The van der Waals surface area contributed by atoms with Crippen LogP contribution in [0.5, 0.6) is 0 Å². The number of carbonyl (C=O) groups excluding carboxylic acids is 1. The second-order valence-electron chi connectivity index (χ2n) is 6.02. The summed E-state index contributed by atoms with van der Waals surface area (Å²) in [6, 6.07) is 1.01. The Labute approximate surface area is 115 Å². The highest BCUT2D eigenvalue weighted by atomic mass is 16.5. The Bertz CT molecular complexity index is 297. The summed E-state index contributed by atoms with van der Waals surface area (Å²) in [5.41, 5.74) is 5.81. The number of fused-ring (bicyclic) bond motifs is 2. The fourth-order valence-corrected chi connectivity index (χ4v) is 3.44. The van der Waals surface area contributed by atoms with Crippen molar-refractivity contribution in [3.8, 4) is 0 Å². The van der Waals surface area contributed by atoms with Gasteiger partial charge in [0.05, 0.1) is 6.04 Å². The number of nitrogens with zero attached hydrogens (tertiary/aromatic N) is 1. The van der Waals surface area contributed by atoms with Crippen molar-refractivity contribution in [2.24, 2.45) is 11.7 Å². The van der Waals surface area contributed by atoms with E-state index >= 15 is 0 Å². The van der Waals surface area contributed by atoms with Crippen molar-refractivity contribution in [2.75, 3.05) is 27.3 Å². The molecule has 0 aromatic carbocycles. The molecule has 19 heavy (non-hydrogen) atoms. The molecule has 1 amide bonds. The standard InChI is InChI=1S/C14H27N3O2/c1-17-11-3-4-12(17)8-10(7-11)9-16-14(18)13(15)5-6-19-2/h10-13H,3-9,15H2,1-2H3,(H,16,18). The zero-order chi connectivity index (χ0) is 13.8. The summed E-state index contributed by atoms with van der Waals surface area (Å²) in [6.07, 6.45) is 5.64. The van der Waals surface area contributed by atoms with Gasteiger partial charge in [0.2, 0.25) is 5.91 Å². The summed E-state index contributed by atoms with van der Waals surface area (Å²) in [4.78, 5) is 14.3. The van der Waals surface area contributed by atoms with Crippen LogP contribution in [0.25, 0.3) is 0 Å². The number of methoxy groups -OCH3 is 1. The smallest absolute Gasteiger partial charge is 0.237 e. The van der Waals surface area contributed by atoms with Gasteiger partial charge >= 0.3 is 0 Å². The molecule has 3 unspecified atom stereocenters. The molecular formula is C14H27N3O2. The van der Waals surface area contributed by atoms with E-state index in [1.807, 2.05) is 0 Å². The molecular weight excluding hydrogens is 242 g/mol. The molecule has 2 fully saturated rings. The third-order valence-electron chi connectivity index (χ3n) is 4.73. The summed E-state index contributed by atoms with van der Waals surface area (Å²) in [6.45, 7) is 1.31. The molecule has 2 bridgehead atoms. The number of piperidine rings is 1. The molecule has 0 radical (unpaired) electrons. The molecule has 0 aliphatic carbocycles. The summed E-state index contributed by atoms with van der Waals surface area (Å²) in [5, 5.41) is 3.01. The van der Waals surface area contributed by atoms with Crippen LogP contribution >= 0.6 is 0 Å². The first-order valence-corrected chi connectivity index (χ1v) is 7.36. The van der Waals surface area contributed by atoms with Crippen LogP contribution in [0.15, 0.2) is 0 Å². The fourth-order valence-electron chi connectivity index (χ4n) is 3.44. The summed E-state index contributed by atoms with van der Waals surface area (Å²) in [5.74, 6) is 0.579. The lowest BCUT2D eigenvalue weighted by atomic mass is 9.91. The maximum absolute atomic E-state index is 11.8. The van der Waals surface area contributed by atoms with Crippen LogP contribution in [0.1, 0.15) is 32.1 Å². The van der Waals surface area contributed by atoms with Crippen molar-refractivity contribution in [2.45, 2.75) is 50.2 Å². The first-order valence-electron chi connectivity index (χ1n) is 7.36. The molecule has 0 aromatic heterocycles. The van der Waals surface area contributed by atoms with E-state index in [9.17, 15) is 4.79 Å². The molecule has 2 heterocycles. The number of ether oxygens (including phenoxy) is 1. The second kappa shape index (κ2) is 6.68. The van der Waals surface area contributed by atoms with Crippen LogP contribution in [0.3, 0.4) is 0 Å². The summed E-state index contributed by atoms with van der Waals surface area (Å²) >= 11 is 0. The highest BCUT2D eigenvalue weighted by molar-refractivity contribution is 5.81. The largest absolute Gasteiger partial charge is 0.385 e. The summed E-state index contributed by atoms with van der Waals surface area (Å²) in [7, 11) is 3.86. The van der Waals surface area contributed by atoms with Crippen molar-refractivity contribution in [1.29, 1.82) is 0 Å². The van der Waals surface area contributed by atoms with Gasteiger partial charge in [-0.2, -0.15) is 0 Å². The molecule has 5 heteroatoms. The topological polar surface area (TPSA) is 67.6 Å². The molecule has 5 nitrogen and oxygen atoms in total. The van der Waals surface area contributed by atoms with Gasteiger partial charge in [-0.15, -0.1) is 0 Å². The lowest BCUT2D eigenvalue weighted by Gasteiger charge is -2.36. The number of hydrogen-bond acceptors (Lipinski definition) is 4. The number of nitrogens with one attached hydrogen (secondary N) is 1. The first kappa shape index (κ1) is 14.8. The van der Waals surface area contributed by atoms with Crippen LogP contribution in [-0.2, 0) is 9.53 Å². The predicted molar refractivity (Wildman–Crippen MR) is 74.8 cm³/mol. The van der Waals surface area contributed by atoms with Crippen LogP contribution in [-0.4, -0.2) is 56.2 Å². The maximum Gasteiger partial charge on any atom is 0.237 e. The molecule has 2 saturated heterocycles. The molecule has 0 aromatic rings. The Balaban J connectivity index is 1.70. The molecule has 2 aliphatic heterocycles. The molecule has 0 saturated carbocycles. The lowest BCUT2D eigenvalue weighted by Crippen LogP contribution is -2.46. The summed E-state index contributed by atoms with van der Waals surface area (Å²) < 4.78 is 4.94. The van der Waals surface area contributed by atoms with Gasteiger partial charge in [0.25, 0.3) is 0 Å². The van der Waals surface area contributed by atoms with Gasteiger partial charge in [0.1, 0.15) is 0 Å². The number of rotatable bonds is 6. The second-order valence-corrected chi connectivity index (χ2v) is 6.02. The van der Waals surface area contributed by atoms with Gasteiger partial charge in [0.15, 0.2) is 0 Å². The normalized spacial score (nSPS) is 32.3. The minimum atomic E-state index is -0.442. The Morgan fingerprint density at radius 3 is 2.63 bits per heavy atom. The van der Waals surface area contributed by atoms with Gasteiger partial charge in [-0.3, -0.25) is 4.79 Å². The van der Waals surface area contributed by atoms with E-state index in [0.717, 1.165) is 18.6 Å². The number of amides is 1. The zero-order valence-electron chi connectivity index (χ0n) is 12.1. The molecule has 2 aliphatic rings. The number of carbonyl (C=O) groups is 1. The van der Waals surface area contributed by atoms with Crippen molar-refractivity contribution >= 4 is 5.91 Å². The maximum atomic E-state index is 11.8. The van der Waals surface area contributed by atoms with Crippen LogP contribution in [0.4, 0.5) is 0 Å². The van der Waals surface area contributed by atoms with Crippen molar-refractivity contribution < 1.29 is 9.53 Å². The van der Waals surface area contributed by atoms with Gasteiger partial charge < -0.3 is 20.7 Å². The van der Waals surface area contributed by atoms with E-state index in [1.165, 1.54) is 25.7 Å². The van der Waals surface area contributed by atoms with Gasteiger partial charge in [-0.25, -0.2) is 0 Å². The Morgan fingerprint density at radius 1 is 1.42 bits per heavy atom. The van der Waals surface area contributed by atoms with E-state index < -0.39 is 6.04 Å². The Morgan fingerprint density at radius 2 is 2.05 bits per heavy atom. The predicted octanol–water partition coefficient (Wildman–Crippen LogP) is 0.339. The number of nitrogens with two attached hydrogens (primary N) is 1. The highest BCUT2D eigenvalue weighted by Gasteiger charge is 2.38. The molecule has 3 N–H and O–H groups in total. The minimum Gasteiger partial charge on any atom is -0.385 e. The average molecular weight is 269 g/mol. The van der Waals surface area contributed by atoms with E-state index in [0.29, 0.717) is 18.9 Å². The first-order chi connectivity index (χ1) is 9.11. The number of hydrogen-bond donors (Lipinski definition) is 2. The third kappa shape index (κ3) is 3.68. The van der Waals surface area contributed by atoms with E-state index in [4.69, 9.17) is 10.5 Å². The molecule has 0 spiro atoms. The van der Waals surface area contributed by atoms with E-state index in [2.05, 4.69) is 17.3 Å². The Kier molecular flexibility index (Phi) is 5.19. The van der Waals surface area contributed by atoms with Gasteiger partial charge in [-0.05, 0) is 45.1 Å². The van der Waals surface area contributed by atoms with E-state index in [1.54, 1.807) is 7.11 Å².